The monoisotopic (exact) mass is 194 g/mol. The highest BCUT2D eigenvalue weighted by Crippen LogP contribution is 2.03. The van der Waals surface area contributed by atoms with E-state index in [9.17, 15) is 4.79 Å². The van der Waals surface area contributed by atoms with Gasteiger partial charge in [-0.05, 0) is 12.1 Å². The van der Waals surface area contributed by atoms with Crippen LogP contribution in [0, 0.1) is 0 Å². The second-order valence-corrected chi connectivity index (χ2v) is 2.43. The van der Waals surface area contributed by atoms with Crippen molar-refractivity contribution in [2.75, 3.05) is 6.54 Å². The molecule has 0 aliphatic carbocycles. The third-order valence-electron chi connectivity index (χ3n) is 1.41. The van der Waals surface area contributed by atoms with Gasteiger partial charge in [-0.15, -0.1) is 5.10 Å². The maximum atomic E-state index is 9.24. The van der Waals surface area contributed by atoms with Crippen LogP contribution >= 0.6 is 0 Å². The molecular weight excluding hydrogens is 184 g/mol. The van der Waals surface area contributed by atoms with Crippen LogP contribution in [0.5, 0.6) is 0 Å². The Morgan fingerprint density at radius 2 is 2.14 bits per heavy atom. The topological polar surface area (TPSA) is 105 Å². The number of hydrogen-bond acceptors (Lipinski definition) is 4. The molecule has 0 bridgehead atoms. The molecule has 6 heteroatoms. The van der Waals surface area contributed by atoms with Crippen LogP contribution in [0.15, 0.2) is 24.3 Å². The molecule has 0 aliphatic rings. The van der Waals surface area contributed by atoms with E-state index in [1.807, 2.05) is 24.3 Å². The number of hydrogen-bond donors (Lipinski definition) is 3. The van der Waals surface area contributed by atoms with Gasteiger partial charge in [0.1, 0.15) is 5.52 Å². The smallest absolute Gasteiger partial charge is 0.317 e. The summed E-state index contributed by atoms with van der Waals surface area (Å²) in [6.45, 7) is -0.278. The third-order valence-corrected chi connectivity index (χ3v) is 1.41. The summed E-state index contributed by atoms with van der Waals surface area (Å²) in [5, 5.41) is 17.8. The number of aromatic nitrogens is 3. The van der Waals surface area contributed by atoms with E-state index in [-0.39, 0.29) is 6.54 Å². The summed E-state index contributed by atoms with van der Waals surface area (Å²) in [6, 6.07) is 7.74. The number of carboxylic acid groups (broad SMARTS) is 1. The number of para-hydroxylation sites is 1. The SMILES string of the molecule is NCC(=O)O.c1ccc2[nH]nnc2c1. The molecule has 2 aromatic rings. The van der Waals surface area contributed by atoms with Gasteiger partial charge in [-0.25, -0.2) is 0 Å². The first-order chi connectivity index (χ1) is 6.74. The molecule has 0 unspecified atom stereocenters. The predicted octanol–water partition coefficient (Wildman–Crippen LogP) is -0.0124. The van der Waals surface area contributed by atoms with Gasteiger partial charge in [-0.3, -0.25) is 9.89 Å². The standard InChI is InChI=1S/C6H5N3.C2H5NO2/c1-2-4-6-5(3-1)7-9-8-6;3-1-2(4)5/h1-4H,(H,7,8,9);1,3H2,(H,4,5). The molecule has 0 fully saturated rings. The van der Waals surface area contributed by atoms with E-state index in [2.05, 4.69) is 21.1 Å². The number of H-pyrrole nitrogens is 1. The van der Waals surface area contributed by atoms with Crippen LogP contribution in [0.2, 0.25) is 0 Å². The molecule has 1 heterocycles. The zero-order valence-corrected chi connectivity index (χ0v) is 7.34. The summed E-state index contributed by atoms with van der Waals surface area (Å²) in [6.07, 6.45) is 0. The van der Waals surface area contributed by atoms with Crippen LogP contribution in [0.4, 0.5) is 0 Å². The molecule has 74 valence electrons. The predicted molar refractivity (Wildman–Crippen MR) is 50.6 cm³/mol. The number of fused-ring (bicyclic) bond motifs is 1. The molecule has 14 heavy (non-hydrogen) atoms. The van der Waals surface area contributed by atoms with Gasteiger partial charge in [0.05, 0.1) is 12.1 Å². The van der Waals surface area contributed by atoms with E-state index in [0.717, 1.165) is 11.0 Å². The van der Waals surface area contributed by atoms with Crippen LogP contribution < -0.4 is 5.73 Å². The fourth-order valence-electron chi connectivity index (χ4n) is 0.788. The highest BCUT2D eigenvalue weighted by atomic mass is 16.4. The fourth-order valence-corrected chi connectivity index (χ4v) is 0.788. The van der Waals surface area contributed by atoms with Crippen LogP contribution in [-0.2, 0) is 4.79 Å². The normalized spacial score (nSPS) is 9.21. The van der Waals surface area contributed by atoms with Crippen molar-refractivity contribution in [1.29, 1.82) is 0 Å². The van der Waals surface area contributed by atoms with Crippen molar-refractivity contribution in [3.63, 3.8) is 0 Å². The van der Waals surface area contributed by atoms with Crippen LogP contribution in [0.1, 0.15) is 0 Å². The molecule has 0 atom stereocenters. The molecule has 0 radical (unpaired) electrons. The van der Waals surface area contributed by atoms with Gasteiger partial charge in [-0.2, -0.15) is 0 Å². The lowest BCUT2D eigenvalue weighted by Crippen LogP contribution is -2.10. The van der Waals surface area contributed by atoms with Crippen LogP contribution in [0.25, 0.3) is 11.0 Å². The number of rotatable bonds is 1. The molecule has 0 amide bonds. The average molecular weight is 194 g/mol. The third kappa shape index (κ3) is 2.83. The van der Waals surface area contributed by atoms with Crippen molar-refractivity contribution in [2.24, 2.45) is 5.73 Å². The number of aliphatic carboxylic acids is 1. The maximum Gasteiger partial charge on any atom is 0.317 e. The molecule has 0 aliphatic heterocycles. The van der Waals surface area contributed by atoms with E-state index in [4.69, 9.17) is 5.11 Å². The molecule has 1 aromatic heterocycles. The maximum absolute atomic E-state index is 9.24. The van der Waals surface area contributed by atoms with Crippen LogP contribution in [0.3, 0.4) is 0 Å². The number of benzene rings is 1. The van der Waals surface area contributed by atoms with Crippen molar-refractivity contribution in [1.82, 2.24) is 15.4 Å². The van der Waals surface area contributed by atoms with Crippen molar-refractivity contribution in [2.45, 2.75) is 0 Å². The number of nitrogens with two attached hydrogens (primary N) is 1. The number of carbonyl (C=O) groups is 1. The summed E-state index contributed by atoms with van der Waals surface area (Å²) in [5.74, 6) is -0.968. The quantitative estimate of drug-likeness (QED) is 0.592. The first-order valence-corrected chi connectivity index (χ1v) is 3.91. The molecular formula is C8H10N4O2. The molecule has 6 nitrogen and oxygen atoms in total. The summed E-state index contributed by atoms with van der Waals surface area (Å²) < 4.78 is 0. The van der Waals surface area contributed by atoms with E-state index in [1.54, 1.807) is 0 Å². The van der Waals surface area contributed by atoms with Gasteiger partial charge in [0.25, 0.3) is 0 Å². The van der Waals surface area contributed by atoms with Gasteiger partial charge in [0, 0.05) is 0 Å². The molecule has 1 aromatic carbocycles. The highest BCUT2D eigenvalue weighted by molar-refractivity contribution is 5.72. The molecule has 0 saturated carbocycles. The Bertz CT molecular complexity index is 382. The number of nitrogens with zero attached hydrogens (tertiary/aromatic N) is 2. The Kier molecular flexibility index (Phi) is 3.57. The Balaban J connectivity index is 0.000000171. The van der Waals surface area contributed by atoms with Crippen molar-refractivity contribution >= 4 is 17.0 Å². The molecule has 2 rings (SSSR count). The van der Waals surface area contributed by atoms with Gasteiger partial charge < -0.3 is 10.8 Å². The molecule has 4 N–H and O–H groups in total. The lowest BCUT2D eigenvalue weighted by atomic mass is 10.3. The van der Waals surface area contributed by atoms with Gasteiger partial charge in [-0.1, -0.05) is 17.3 Å². The number of aromatic amines is 1. The Labute approximate surface area is 79.7 Å². The first kappa shape index (κ1) is 10.1. The zero-order chi connectivity index (χ0) is 10.4. The fraction of sp³-hybridized carbons (Fsp3) is 0.125. The number of nitrogens with one attached hydrogen (secondary N) is 1. The highest BCUT2D eigenvalue weighted by Gasteiger charge is 1.90. The van der Waals surface area contributed by atoms with Gasteiger partial charge >= 0.3 is 5.97 Å². The van der Waals surface area contributed by atoms with Gasteiger partial charge in [0.15, 0.2) is 0 Å². The second-order valence-electron chi connectivity index (χ2n) is 2.43. The average Bonchev–Trinajstić information content (AvgIpc) is 2.66. The largest absolute Gasteiger partial charge is 0.480 e. The lowest BCUT2D eigenvalue weighted by molar-refractivity contribution is -0.135. The van der Waals surface area contributed by atoms with Crippen LogP contribution in [-0.4, -0.2) is 33.0 Å². The van der Waals surface area contributed by atoms with E-state index in [1.165, 1.54) is 0 Å². The van der Waals surface area contributed by atoms with Crippen molar-refractivity contribution < 1.29 is 9.90 Å². The summed E-state index contributed by atoms with van der Waals surface area (Å²) in [7, 11) is 0. The van der Waals surface area contributed by atoms with Gasteiger partial charge in [0.2, 0.25) is 0 Å². The minimum Gasteiger partial charge on any atom is -0.480 e. The number of carboxylic acids is 1. The Hall–Kier alpha value is -1.95. The zero-order valence-electron chi connectivity index (χ0n) is 7.34. The van der Waals surface area contributed by atoms with Crippen molar-refractivity contribution in [3.8, 4) is 0 Å². The molecule has 0 saturated heterocycles. The summed E-state index contributed by atoms with van der Waals surface area (Å²) in [5.41, 5.74) is 6.47. The summed E-state index contributed by atoms with van der Waals surface area (Å²) >= 11 is 0. The van der Waals surface area contributed by atoms with Crippen molar-refractivity contribution in [3.05, 3.63) is 24.3 Å². The minimum absolute atomic E-state index is 0.278. The van der Waals surface area contributed by atoms with E-state index in [0.29, 0.717) is 0 Å². The first-order valence-electron chi connectivity index (χ1n) is 3.91. The second kappa shape index (κ2) is 4.93. The van der Waals surface area contributed by atoms with E-state index < -0.39 is 5.97 Å². The molecule has 0 spiro atoms. The summed E-state index contributed by atoms with van der Waals surface area (Å²) in [4.78, 5) is 9.24. The Morgan fingerprint density at radius 1 is 1.50 bits per heavy atom. The van der Waals surface area contributed by atoms with E-state index >= 15 is 0 Å². The minimum atomic E-state index is -0.968. The lowest BCUT2D eigenvalue weighted by Gasteiger charge is -1.79. The Morgan fingerprint density at radius 3 is 2.71 bits per heavy atom.